The van der Waals surface area contributed by atoms with Crippen LogP contribution in [0.4, 0.5) is 0 Å². The summed E-state index contributed by atoms with van der Waals surface area (Å²) in [5.41, 5.74) is 3.81. The number of aromatic nitrogens is 3. The molecule has 1 aromatic heterocycles. The Morgan fingerprint density at radius 2 is 1.35 bits per heavy atom. The zero-order valence-electron chi connectivity index (χ0n) is 22.6. The first-order valence-electron chi connectivity index (χ1n) is 11.9. The first kappa shape index (κ1) is 31.5. The summed E-state index contributed by atoms with van der Waals surface area (Å²) in [5, 5.41) is 7.41. The highest BCUT2D eigenvalue weighted by atomic mass is 16.1. The number of carbonyl (C=O) groups is 1. The molecule has 0 saturated heterocycles. The molecule has 0 spiro atoms. The first-order valence-corrected chi connectivity index (χ1v) is 11.9. The Morgan fingerprint density at radius 1 is 0.935 bits per heavy atom. The molecule has 4 unspecified atom stereocenters. The van der Waals surface area contributed by atoms with Gasteiger partial charge in [-0.15, -0.1) is 5.10 Å². The van der Waals surface area contributed by atoms with Gasteiger partial charge in [0, 0.05) is 13.2 Å². The number of ketones is 1. The van der Waals surface area contributed by atoms with E-state index in [1.807, 2.05) is 27.1 Å². The fourth-order valence-corrected chi connectivity index (χ4v) is 2.70. The van der Waals surface area contributed by atoms with Gasteiger partial charge >= 0.3 is 0 Å². The average Bonchev–Trinajstić information content (AvgIpc) is 2.98. The van der Waals surface area contributed by atoms with Crippen LogP contribution in [0.2, 0.25) is 0 Å². The molecule has 4 nitrogen and oxygen atoms in total. The SMILES string of the molecule is C/C=C/C(C)=O.CC(C)=C(C)C.CC1CC1C.CC1CCC(C)C1.Cc1cn(C)nn1. The quantitative estimate of drug-likeness (QED) is 0.336. The summed E-state index contributed by atoms with van der Waals surface area (Å²) < 4.78 is 1.68. The third-order valence-corrected chi connectivity index (χ3v) is 5.59. The fraction of sp³-hybridized carbons (Fsp3) is 0.741. The van der Waals surface area contributed by atoms with E-state index in [1.54, 1.807) is 10.8 Å². The van der Waals surface area contributed by atoms with Crippen molar-refractivity contribution in [2.75, 3.05) is 0 Å². The third kappa shape index (κ3) is 22.8. The maximum atomic E-state index is 9.96. The van der Waals surface area contributed by atoms with E-state index in [4.69, 9.17) is 0 Å². The van der Waals surface area contributed by atoms with E-state index in [0.29, 0.717) is 0 Å². The largest absolute Gasteiger partial charge is 0.295 e. The highest BCUT2D eigenvalue weighted by Crippen LogP contribution is 2.36. The van der Waals surface area contributed by atoms with Gasteiger partial charge in [0.05, 0.1) is 5.69 Å². The van der Waals surface area contributed by atoms with Crippen molar-refractivity contribution in [1.29, 1.82) is 0 Å². The highest BCUT2D eigenvalue weighted by Gasteiger charge is 2.26. The number of hydrogen-bond donors (Lipinski definition) is 0. The van der Waals surface area contributed by atoms with E-state index < -0.39 is 0 Å². The number of allylic oxidation sites excluding steroid dienone is 4. The number of aryl methyl sites for hydroxylation is 2. The van der Waals surface area contributed by atoms with Crippen molar-refractivity contribution >= 4 is 5.78 Å². The van der Waals surface area contributed by atoms with Gasteiger partial charge in [0.15, 0.2) is 5.78 Å². The Hall–Kier alpha value is -1.71. The Kier molecular flexibility index (Phi) is 18.2. The molecule has 1 aromatic rings. The minimum atomic E-state index is 0.109. The molecule has 2 saturated carbocycles. The van der Waals surface area contributed by atoms with Gasteiger partial charge in [-0.1, -0.05) is 63.0 Å². The van der Waals surface area contributed by atoms with Gasteiger partial charge in [0.1, 0.15) is 0 Å². The molecule has 31 heavy (non-hydrogen) atoms. The lowest BCUT2D eigenvalue weighted by Crippen LogP contribution is -1.85. The van der Waals surface area contributed by atoms with Crippen molar-refractivity contribution in [1.82, 2.24) is 15.0 Å². The molecule has 0 aromatic carbocycles. The van der Waals surface area contributed by atoms with Crippen LogP contribution in [-0.2, 0) is 11.8 Å². The van der Waals surface area contributed by atoms with E-state index in [1.165, 1.54) is 49.8 Å². The fourth-order valence-electron chi connectivity index (χ4n) is 2.70. The number of hydrogen-bond acceptors (Lipinski definition) is 3. The van der Waals surface area contributed by atoms with Crippen LogP contribution >= 0.6 is 0 Å². The van der Waals surface area contributed by atoms with Crippen molar-refractivity contribution in [2.24, 2.45) is 30.7 Å². The predicted molar refractivity (Wildman–Crippen MR) is 136 cm³/mol. The molecular formula is C27H51N3O. The van der Waals surface area contributed by atoms with Gasteiger partial charge < -0.3 is 0 Å². The number of nitrogens with zero attached hydrogens (tertiary/aromatic N) is 3. The summed E-state index contributed by atoms with van der Waals surface area (Å²) in [5.74, 6) is 4.26. The maximum absolute atomic E-state index is 9.96. The molecule has 0 amide bonds. The molecule has 2 aliphatic carbocycles. The van der Waals surface area contributed by atoms with Gasteiger partial charge in [-0.3, -0.25) is 9.48 Å². The standard InChI is InChI=1S/C7H14.C6H12.C5H8O.C5H10.C4H7N3/c1-6-3-4-7(2)5-6;1-5(2)6(3)4;1-3-4-5(2)6;1-4-3-5(4)2;1-4-3-7(2)6-5-4/h6-7H,3-5H2,1-2H3;1-4H3;3-4H,1-2H3;4-5H,3H2,1-2H3;3H,1-2H3/b;;4-3+;;. The molecule has 0 aliphatic heterocycles. The van der Waals surface area contributed by atoms with Gasteiger partial charge in [0.25, 0.3) is 0 Å². The zero-order chi connectivity index (χ0) is 24.6. The molecule has 0 radical (unpaired) electrons. The Balaban J connectivity index is 0. The summed E-state index contributed by atoms with van der Waals surface area (Å²) in [6.45, 7) is 23.0. The van der Waals surface area contributed by atoms with Crippen molar-refractivity contribution < 1.29 is 4.79 Å². The molecule has 0 N–H and O–H groups in total. The lowest BCUT2D eigenvalue weighted by atomic mass is 10.1. The van der Waals surface area contributed by atoms with Crippen LogP contribution in [-0.4, -0.2) is 20.8 Å². The molecule has 2 aliphatic rings. The highest BCUT2D eigenvalue weighted by molar-refractivity contribution is 5.87. The molecule has 4 heteroatoms. The second-order valence-electron chi connectivity index (χ2n) is 9.86. The summed E-state index contributed by atoms with van der Waals surface area (Å²) in [6, 6.07) is 0. The summed E-state index contributed by atoms with van der Waals surface area (Å²) in [4.78, 5) is 9.96. The van der Waals surface area contributed by atoms with Crippen molar-refractivity contribution in [3.63, 3.8) is 0 Å². The van der Waals surface area contributed by atoms with E-state index in [9.17, 15) is 4.79 Å². The van der Waals surface area contributed by atoms with Crippen LogP contribution in [0.1, 0.15) is 101 Å². The van der Waals surface area contributed by atoms with Crippen LogP contribution in [0.25, 0.3) is 0 Å². The second-order valence-corrected chi connectivity index (χ2v) is 9.86. The van der Waals surface area contributed by atoms with E-state index in [2.05, 4.69) is 65.7 Å². The van der Waals surface area contributed by atoms with Gasteiger partial charge in [-0.05, 0) is 91.1 Å². The number of carbonyl (C=O) groups excluding carboxylic acids is 1. The second kappa shape index (κ2) is 17.9. The van der Waals surface area contributed by atoms with Crippen LogP contribution in [0.15, 0.2) is 29.5 Å². The molecule has 0 bridgehead atoms. The lowest BCUT2D eigenvalue weighted by Gasteiger charge is -1.96. The van der Waals surface area contributed by atoms with Crippen LogP contribution in [0.5, 0.6) is 0 Å². The smallest absolute Gasteiger partial charge is 0.152 e. The zero-order valence-corrected chi connectivity index (χ0v) is 22.6. The molecule has 2 fully saturated rings. The number of rotatable bonds is 1. The first-order chi connectivity index (χ1) is 14.3. The van der Waals surface area contributed by atoms with E-state index >= 15 is 0 Å². The van der Waals surface area contributed by atoms with Gasteiger partial charge in [0.2, 0.25) is 0 Å². The minimum Gasteiger partial charge on any atom is -0.295 e. The van der Waals surface area contributed by atoms with Crippen molar-refractivity contribution in [3.05, 3.63) is 35.2 Å². The van der Waals surface area contributed by atoms with Gasteiger partial charge in [-0.25, -0.2) is 0 Å². The normalized spacial score (nSPS) is 23.0. The summed E-state index contributed by atoms with van der Waals surface area (Å²) >= 11 is 0. The molecule has 180 valence electrons. The Bertz CT molecular complexity index is 609. The Morgan fingerprint density at radius 3 is 1.42 bits per heavy atom. The third-order valence-electron chi connectivity index (χ3n) is 5.59. The van der Waals surface area contributed by atoms with Gasteiger partial charge in [-0.2, -0.15) is 0 Å². The lowest BCUT2D eigenvalue weighted by molar-refractivity contribution is -0.112. The average molecular weight is 434 g/mol. The van der Waals surface area contributed by atoms with Crippen molar-refractivity contribution in [2.45, 2.75) is 102 Å². The van der Waals surface area contributed by atoms with E-state index in [-0.39, 0.29) is 5.78 Å². The van der Waals surface area contributed by atoms with Crippen LogP contribution < -0.4 is 0 Å². The topological polar surface area (TPSA) is 47.8 Å². The van der Waals surface area contributed by atoms with E-state index in [0.717, 1.165) is 29.4 Å². The maximum Gasteiger partial charge on any atom is 0.152 e. The van der Waals surface area contributed by atoms with Crippen molar-refractivity contribution in [3.8, 4) is 0 Å². The summed E-state index contributed by atoms with van der Waals surface area (Å²) in [6.07, 6.45) is 11.0. The van der Waals surface area contributed by atoms with Crippen LogP contribution in [0, 0.1) is 30.6 Å². The van der Waals surface area contributed by atoms with Crippen LogP contribution in [0.3, 0.4) is 0 Å². The molecule has 4 atom stereocenters. The molecular weight excluding hydrogens is 382 g/mol. The molecule has 1 heterocycles. The predicted octanol–water partition coefficient (Wildman–Crippen LogP) is 7.74. The minimum absolute atomic E-state index is 0.109. The monoisotopic (exact) mass is 433 g/mol. The summed E-state index contributed by atoms with van der Waals surface area (Å²) in [7, 11) is 1.85. The Labute approximate surface area is 193 Å². The molecule has 3 rings (SSSR count).